The first-order chi connectivity index (χ1) is 15.8. The molecule has 4 nitrogen and oxygen atoms in total. The maximum atomic E-state index is 6.10. The fraction of sp³-hybridized carbons (Fsp3) is 0.286. The van der Waals surface area contributed by atoms with Gasteiger partial charge in [0.25, 0.3) is 0 Å². The lowest BCUT2D eigenvalue weighted by Crippen LogP contribution is -2.31. The summed E-state index contributed by atoms with van der Waals surface area (Å²) in [7, 11) is 0. The minimum Gasteiger partial charge on any atom is -0.494 e. The number of ether oxygens (including phenoxy) is 2. The first kappa shape index (κ1) is 20.7. The summed E-state index contributed by atoms with van der Waals surface area (Å²) in [5.41, 5.74) is 7.65. The van der Waals surface area contributed by atoms with Crippen LogP contribution >= 0.6 is 0 Å². The van der Waals surface area contributed by atoms with Gasteiger partial charge in [-0.15, -0.1) is 0 Å². The van der Waals surface area contributed by atoms with Gasteiger partial charge in [-0.05, 0) is 72.4 Å². The van der Waals surface area contributed by atoms with Gasteiger partial charge in [0, 0.05) is 23.1 Å². The molecule has 0 saturated heterocycles. The number of rotatable bonds is 7. The summed E-state index contributed by atoms with van der Waals surface area (Å²) in [6.45, 7) is 6.45. The molecular formula is C28H30N2O2. The highest BCUT2D eigenvalue weighted by molar-refractivity contribution is 5.86. The molecular weight excluding hydrogens is 396 g/mol. The van der Waals surface area contributed by atoms with Crippen LogP contribution in [0.25, 0.3) is 10.9 Å². The third kappa shape index (κ3) is 3.98. The molecule has 5 rings (SSSR count). The van der Waals surface area contributed by atoms with Gasteiger partial charge >= 0.3 is 0 Å². The third-order valence-electron chi connectivity index (χ3n) is 6.29. The van der Waals surface area contributed by atoms with Crippen LogP contribution in [-0.4, -0.2) is 18.1 Å². The molecule has 164 valence electrons. The molecule has 3 aromatic carbocycles. The molecule has 0 radical (unpaired) electrons. The number of aryl methyl sites for hydroxylation is 1. The predicted molar refractivity (Wildman–Crippen MR) is 130 cm³/mol. The standard InChI is InChI=1S/C28H30N2O2/c1-3-20-16-21(31-4-2)10-12-23(20)27-28-24(14-15-29-27)25-17-22(11-13-26(25)30-28)32-18-19-8-6-5-7-9-19/h5-13,16-17,27,29-30H,3-4,14-15,18H2,1-2H3. The number of hydrogen-bond acceptors (Lipinski definition) is 3. The van der Waals surface area contributed by atoms with Crippen LogP contribution in [0, 0.1) is 0 Å². The molecule has 0 amide bonds. The summed E-state index contributed by atoms with van der Waals surface area (Å²) < 4.78 is 11.8. The Hall–Kier alpha value is -3.24. The number of aromatic nitrogens is 1. The van der Waals surface area contributed by atoms with E-state index in [0.717, 1.165) is 30.9 Å². The zero-order valence-electron chi connectivity index (χ0n) is 18.8. The Morgan fingerprint density at radius 3 is 2.53 bits per heavy atom. The van der Waals surface area contributed by atoms with Gasteiger partial charge in [0.15, 0.2) is 0 Å². The molecule has 1 aliphatic heterocycles. The summed E-state index contributed by atoms with van der Waals surface area (Å²) in [6.07, 6.45) is 1.98. The Kier molecular flexibility index (Phi) is 5.87. The van der Waals surface area contributed by atoms with Crippen molar-refractivity contribution >= 4 is 10.9 Å². The second-order valence-electron chi connectivity index (χ2n) is 8.28. The first-order valence-corrected chi connectivity index (χ1v) is 11.6. The quantitative estimate of drug-likeness (QED) is 0.384. The average molecular weight is 427 g/mol. The van der Waals surface area contributed by atoms with Crippen LogP contribution in [0.4, 0.5) is 0 Å². The van der Waals surface area contributed by atoms with Gasteiger partial charge in [0.1, 0.15) is 18.1 Å². The van der Waals surface area contributed by atoms with E-state index in [2.05, 4.69) is 65.8 Å². The highest BCUT2D eigenvalue weighted by Gasteiger charge is 2.27. The minimum atomic E-state index is 0.158. The number of nitrogens with one attached hydrogen (secondary N) is 2. The number of H-pyrrole nitrogens is 1. The Balaban J connectivity index is 1.47. The largest absolute Gasteiger partial charge is 0.494 e. The molecule has 0 bridgehead atoms. The average Bonchev–Trinajstić information content (AvgIpc) is 3.22. The number of fused-ring (bicyclic) bond motifs is 3. The molecule has 1 aliphatic rings. The SMILES string of the molecule is CCOc1ccc(C2NCCc3c2[nH]c2ccc(OCc4ccccc4)cc32)c(CC)c1. The van der Waals surface area contributed by atoms with E-state index in [1.165, 1.54) is 38.9 Å². The van der Waals surface area contributed by atoms with Crippen LogP contribution in [0.3, 0.4) is 0 Å². The van der Waals surface area contributed by atoms with Crippen molar-refractivity contribution in [2.45, 2.75) is 39.3 Å². The second-order valence-corrected chi connectivity index (χ2v) is 8.28. The Morgan fingerprint density at radius 2 is 1.72 bits per heavy atom. The van der Waals surface area contributed by atoms with Gasteiger partial charge in [-0.3, -0.25) is 0 Å². The third-order valence-corrected chi connectivity index (χ3v) is 6.29. The molecule has 0 saturated carbocycles. The van der Waals surface area contributed by atoms with Crippen molar-refractivity contribution in [1.82, 2.24) is 10.3 Å². The first-order valence-electron chi connectivity index (χ1n) is 11.6. The molecule has 0 fully saturated rings. The molecule has 1 aromatic heterocycles. The predicted octanol–water partition coefficient (Wildman–Crippen LogP) is 5.94. The molecule has 32 heavy (non-hydrogen) atoms. The van der Waals surface area contributed by atoms with Gasteiger partial charge in [-0.2, -0.15) is 0 Å². The Bertz CT molecular complexity index is 1210. The smallest absolute Gasteiger partial charge is 0.120 e. The maximum Gasteiger partial charge on any atom is 0.120 e. The minimum absolute atomic E-state index is 0.158. The van der Waals surface area contributed by atoms with E-state index in [-0.39, 0.29) is 6.04 Å². The van der Waals surface area contributed by atoms with Gasteiger partial charge in [0.05, 0.1) is 12.6 Å². The van der Waals surface area contributed by atoms with Crippen LogP contribution in [-0.2, 0) is 19.4 Å². The van der Waals surface area contributed by atoms with Gasteiger partial charge < -0.3 is 19.8 Å². The summed E-state index contributed by atoms with van der Waals surface area (Å²) in [4.78, 5) is 3.71. The molecule has 2 N–H and O–H groups in total. The van der Waals surface area contributed by atoms with Gasteiger partial charge in [0.2, 0.25) is 0 Å². The topological polar surface area (TPSA) is 46.3 Å². The van der Waals surface area contributed by atoms with E-state index in [0.29, 0.717) is 13.2 Å². The van der Waals surface area contributed by atoms with Crippen molar-refractivity contribution in [3.63, 3.8) is 0 Å². The van der Waals surface area contributed by atoms with Crippen molar-refractivity contribution < 1.29 is 9.47 Å². The Morgan fingerprint density at radius 1 is 0.906 bits per heavy atom. The van der Waals surface area contributed by atoms with E-state index in [1.54, 1.807) is 0 Å². The summed E-state index contributed by atoms with van der Waals surface area (Å²) in [6, 6.07) is 23.3. The highest BCUT2D eigenvalue weighted by Crippen LogP contribution is 2.37. The molecule has 1 atom stereocenters. The van der Waals surface area contributed by atoms with Gasteiger partial charge in [-0.1, -0.05) is 43.3 Å². The molecule has 0 aliphatic carbocycles. The molecule has 4 aromatic rings. The fourth-order valence-corrected chi connectivity index (χ4v) is 4.73. The van der Waals surface area contributed by atoms with Crippen LogP contribution in [0.1, 0.15) is 47.8 Å². The van der Waals surface area contributed by atoms with Crippen LogP contribution in [0.2, 0.25) is 0 Å². The van der Waals surface area contributed by atoms with E-state index < -0.39 is 0 Å². The van der Waals surface area contributed by atoms with E-state index in [1.807, 2.05) is 25.1 Å². The molecule has 1 unspecified atom stereocenters. The van der Waals surface area contributed by atoms with E-state index >= 15 is 0 Å². The maximum absolute atomic E-state index is 6.10. The van der Waals surface area contributed by atoms with Crippen molar-refractivity contribution in [3.05, 3.63) is 94.7 Å². The molecule has 4 heteroatoms. The number of benzene rings is 3. The highest BCUT2D eigenvalue weighted by atomic mass is 16.5. The molecule has 2 heterocycles. The van der Waals surface area contributed by atoms with Gasteiger partial charge in [-0.25, -0.2) is 0 Å². The summed E-state index contributed by atoms with van der Waals surface area (Å²) in [5.74, 6) is 1.86. The normalized spacial score (nSPS) is 15.5. The zero-order valence-corrected chi connectivity index (χ0v) is 18.8. The lowest BCUT2D eigenvalue weighted by molar-refractivity contribution is 0.306. The lowest BCUT2D eigenvalue weighted by atomic mass is 9.90. The van der Waals surface area contributed by atoms with Crippen LogP contribution in [0.15, 0.2) is 66.7 Å². The monoisotopic (exact) mass is 426 g/mol. The van der Waals surface area contributed by atoms with Crippen molar-refractivity contribution in [1.29, 1.82) is 0 Å². The fourth-order valence-electron chi connectivity index (χ4n) is 4.73. The summed E-state index contributed by atoms with van der Waals surface area (Å²) in [5, 5.41) is 5.00. The van der Waals surface area contributed by atoms with Crippen LogP contribution < -0.4 is 14.8 Å². The number of aromatic amines is 1. The van der Waals surface area contributed by atoms with Crippen molar-refractivity contribution in [2.75, 3.05) is 13.2 Å². The summed E-state index contributed by atoms with van der Waals surface area (Å²) >= 11 is 0. The zero-order chi connectivity index (χ0) is 21.9. The van der Waals surface area contributed by atoms with E-state index in [4.69, 9.17) is 9.47 Å². The molecule has 0 spiro atoms. The van der Waals surface area contributed by atoms with Crippen molar-refractivity contribution in [3.8, 4) is 11.5 Å². The van der Waals surface area contributed by atoms with Crippen LogP contribution in [0.5, 0.6) is 11.5 Å². The second kappa shape index (κ2) is 9.09. The Labute approximate surface area is 189 Å². The lowest BCUT2D eigenvalue weighted by Gasteiger charge is -2.27. The van der Waals surface area contributed by atoms with E-state index in [9.17, 15) is 0 Å². The van der Waals surface area contributed by atoms with Crippen molar-refractivity contribution in [2.24, 2.45) is 0 Å². The number of hydrogen-bond donors (Lipinski definition) is 2.